The highest BCUT2D eigenvalue weighted by Gasteiger charge is 2.54. The van der Waals surface area contributed by atoms with Crippen LogP contribution in [0.25, 0.3) is 0 Å². The summed E-state index contributed by atoms with van der Waals surface area (Å²) >= 11 is 0. The topological polar surface area (TPSA) is 82.5 Å². The molecule has 8 heteroatoms. The predicted molar refractivity (Wildman–Crippen MR) is 119 cm³/mol. The summed E-state index contributed by atoms with van der Waals surface area (Å²) in [6, 6.07) is -0.0269. The molecule has 3 heterocycles. The van der Waals surface area contributed by atoms with Crippen LogP contribution in [-0.4, -0.2) is 71.3 Å². The normalized spacial score (nSPS) is 21.8. The van der Waals surface area contributed by atoms with Gasteiger partial charge in [0.25, 0.3) is 5.91 Å². The second kappa shape index (κ2) is 8.40. The van der Waals surface area contributed by atoms with Crippen LogP contribution in [0.3, 0.4) is 0 Å². The van der Waals surface area contributed by atoms with Crippen LogP contribution >= 0.6 is 0 Å². The molecule has 8 nitrogen and oxygen atoms in total. The molecule has 1 saturated carbocycles. The lowest BCUT2D eigenvalue weighted by molar-refractivity contribution is 0.0668. The Balaban J connectivity index is 1.22. The van der Waals surface area contributed by atoms with Gasteiger partial charge in [-0.15, -0.1) is 0 Å². The van der Waals surface area contributed by atoms with Crippen LogP contribution in [0.4, 0.5) is 4.79 Å². The van der Waals surface area contributed by atoms with Crippen LogP contribution in [0, 0.1) is 18.3 Å². The van der Waals surface area contributed by atoms with Crippen LogP contribution in [0.2, 0.25) is 0 Å². The fourth-order valence-electron chi connectivity index (χ4n) is 4.85. The molecular formula is C23H34N6O2. The smallest absolute Gasteiger partial charge is 0.317 e. The minimum atomic E-state index is -0.0269. The van der Waals surface area contributed by atoms with E-state index in [1.165, 1.54) is 5.57 Å². The fraction of sp³-hybridized carbons (Fsp3) is 0.609. The summed E-state index contributed by atoms with van der Waals surface area (Å²) in [6.07, 6.45) is 8.97. The third-order valence-corrected chi connectivity index (χ3v) is 7.43. The number of likely N-dealkylation sites (tertiary alicyclic amines) is 1. The molecule has 1 aromatic rings. The molecule has 168 valence electrons. The third-order valence-electron chi connectivity index (χ3n) is 7.43. The van der Waals surface area contributed by atoms with Crippen molar-refractivity contribution in [1.82, 2.24) is 30.2 Å². The molecule has 1 aliphatic carbocycles. The Morgan fingerprint density at radius 1 is 1.32 bits per heavy atom. The number of aryl methyl sites for hydroxylation is 1. The summed E-state index contributed by atoms with van der Waals surface area (Å²) in [7, 11) is 3.70. The number of hydrogen-bond donors (Lipinski definition) is 2. The number of nitrogens with one attached hydrogen (secondary N) is 2. The standard InChI is InChI=1S/C23H34N6O2/c1-16-5-8-24-12-18(16)15-27(3)22(31)25-13-19-11-23(19)6-9-29(10-7-23)21(30)20-14-26-28(4)17(20)2/h5,12,14,19,24H,6-11,13,15H2,1-4H3,(H,25,31). The Morgan fingerprint density at radius 3 is 2.71 bits per heavy atom. The van der Waals surface area contributed by atoms with Crippen molar-refractivity contribution in [2.75, 3.05) is 39.8 Å². The number of piperidine rings is 1. The van der Waals surface area contributed by atoms with Crippen molar-refractivity contribution in [1.29, 1.82) is 0 Å². The van der Waals surface area contributed by atoms with Gasteiger partial charge in [0.15, 0.2) is 0 Å². The first-order chi connectivity index (χ1) is 14.8. The Kier molecular flexibility index (Phi) is 5.81. The van der Waals surface area contributed by atoms with Gasteiger partial charge in [0, 0.05) is 58.7 Å². The molecule has 1 atom stereocenters. The molecule has 2 N–H and O–H groups in total. The van der Waals surface area contributed by atoms with Crippen molar-refractivity contribution in [2.24, 2.45) is 18.4 Å². The van der Waals surface area contributed by atoms with E-state index >= 15 is 0 Å². The highest BCUT2D eigenvalue weighted by atomic mass is 16.2. The first-order valence-electron chi connectivity index (χ1n) is 11.2. The summed E-state index contributed by atoms with van der Waals surface area (Å²) < 4.78 is 1.74. The van der Waals surface area contributed by atoms with Crippen molar-refractivity contribution in [3.63, 3.8) is 0 Å². The van der Waals surface area contributed by atoms with Gasteiger partial charge in [-0.1, -0.05) is 6.08 Å². The van der Waals surface area contributed by atoms with Crippen molar-refractivity contribution in [3.8, 4) is 0 Å². The molecule has 1 aromatic heterocycles. The number of rotatable bonds is 5. The number of carbonyl (C=O) groups is 2. The molecule has 31 heavy (non-hydrogen) atoms. The molecule has 1 unspecified atom stereocenters. The summed E-state index contributed by atoms with van der Waals surface area (Å²) in [6.45, 7) is 7.74. The van der Waals surface area contributed by atoms with Gasteiger partial charge < -0.3 is 20.4 Å². The molecule has 0 bridgehead atoms. The molecule has 2 fully saturated rings. The third kappa shape index (κ3) is 4.34. The van der Waals surface area contributed by atoms with Crippen LogP contribution in [-0.2, 0) is 7.05 Å². The zero-order valence-corrected chi connectivity index (χ0v) is 19.1. The molecular weight excluding hydrogens is 392 g/mol. The van der Waals surface area contributed by atoms with Gasteiger partial charge in [-0.05, 0) is 55.6 Å². The number of hydrogen-bond acceptors (Lipinski definition) is 4. The van der Waals surface area contributed by atoms with Crippen LogP contribution in [0.1, 0.15) is 42.2 Å². The average Bonchev–Trinajstić information content (AvgIpc) is 3.33. The molecule has 3 amide bonds. The number of nitrogens with zero attached hydrogens (tertiary/aromatic N) is 4. The zero-order chi connectivity index (χ0) is 22.2. The van der Waals surface area contributed by atoms with Gasteiger partial charge in [0.1, 0.15) is 0 Å². The summed E-state index contributed by atoms with van der Waals surface area (Å²) in [5.74, 6) is 0.600. The van der Waals surface area contributed by atoms with Gasteiger partial charge in [-0.2, -0.15) is 5.10 Å². The Labute approximate surface area is 184 Å². The van der Waals surface area contributed by atoms with E-state index < -0.39 is 0 Å². The maximum atomic E-state index is 12.8. The Morgan fingerprint density at radius 2 is 2.06 bits per heavy atom. The molecule has 3 aliphatic rings. The quantitative estimate of drug-likeness (QED) is 0.755. The predicted octanol–water partition coefficient (Wildman–Crippen LogP) is 2.05. The molecule has 0 radical (unpaired) electrons. The van der Waals surface area contributed by atoms with Gasteiger partial charge in [0.05, 0.1) is 11.8 Å². The number of likely N-dealkylation sites (N-methyl/N-ethyl adjacent to an activating group) is 1. The summed E-state index contributed by atoms with van der Waals surface area (Å²) in [5, 5.41) is 10.5. The average molecular weight is 427 g/mol. The largest absolute Gasteiger partial charge is 0.387 e. The molecule has 0 aromatic carbocycles. The van der Waals surface area contributed by atoms with E-state index in [9.17, 15) is 9.59 Å². The van der Waals surface area contributed by atoms with Crippen LogP contribution < -0.4 is 10.6 Å². The highest BCUT2D eigenvalue weighted by Crippen LogP contribution is 2.59. The first-order valence-corrected chi connectivity index (χ1v) is 11.2. The number of urea groups is 1. The number of amides is 3. The van der Waals surface area contributed by atoms with E-state index in [1.54, 1.807) is 15.8 Å². The summed E-state index contributed by atoms with van der Waals surface area (Å²) in [4.78, 5) is 29.1. The SMILES string of the molecule is CC1=CCNC=C1CN(C)C(=O)NCC1CC12CCN(C(=O)c1cnn(C)c1C)CC2. The van der Waals surface area contributed by atoms with Gasteiger partial charge >= 0.3 is 6.03 Å². The van der Waals surface area contributed by atoms with Crippen molar-refractivity contribution < 1.29 is 9.59 Å². The van der Waals surface area contributed by atoms with E-state index in [-0.39, 0.29) is 11.9 Å². The van der Waals surface area contributed by atoms with Crippen LogP contribution in [0.5, 0.6) is 0 Å². The number of carbonyl (C=O) groups excluding carboxylic acids is 2. The second-order valence-electron chi connectivity index (χ2n) is 9.33. The molecule has 1 spiro atoms. The van der Waals surface area contributed by atoms with Crippen molar-refractivity contribution >= 4 is 11.9 Å². The van der Waals surface area contributed by atoms with E-state index in [0.717, 1.165) is 50.2 Å². The molecule has 1 saturated heterocycles. The van der Waals surface area contributed by atoms with Crippen LogP contribution in [0.15, 0.2) is 29.6 Å². The van der Waals surface area contributed by atoms with Gasteiger partial charge in [-0.25, -0.2) is 4.79 Å². The molecule has 4 rings (SSSR count). The lowest BCUT2D eigenvalue weighted by Crippen LogP contribution is -2.42. The van der Waals surface area contributed by atoms with Gasteiger partial charge in [-0.3, -0.25) is 9.48 Å². The minimum absolute atomic E-state index is 0.0269. The number of dihydropyridines is 1. The van der Waals surface area contributed by atoms with E-state index in [4.69, 9.17) is 0 Å². The van der Waals surface area contributed by atoms with Gasteiger partial charge in [0.2, 0.25) is 0 Å². The van der Waals surface area contributed by atoms with E-state index in [1.807, 2.05) is 32.1 Å². The maximum absolute atomic E-state index is 12.8. The first kappa shape index (κ1) is 21.5. The highest BCUT2D eigenvalue weighted by molar-refractivity contribution is 5.95. The number of aromatic nitrogens is 2. The van der Waals surface area contributed by atoms with Crippen molar-refractivity contribution in [2.45, 2.75) is 33.1 Å². The fourth-order valence-corrected chi connectivity index (χ4v) is 4.85. The second-order valence-corrected chi connectivity index (χ2v) is 9.33. The Hall–Kier alpha value is -2.77. The van der Waals surface area contributed by atoms with E-state index in [2.05, 4.69) is 28.7 Å². The lowest BCUT2D eigenvalue weighted by atomic mass is 9.90. The zero-order valence-electron chi connectivity index (χ0n) is 19.1. The maximum Gasteiger partial charge on any atom is 0.317 e. The molecule has 2 aliphatic heterocycles. The lowest BCUT2D eigenvalue weighted by Gasteiger charge is -2.33. The minimum Gasteiger partial charge on any atom is -0.387 e. The van der Waals surface area contributed by atoms with E-state index in [0.29, 0.717) is 30.0 Å². The summed E-state index contributed by atoms with van der Waals surface area (Å²) in [5.41, 5.74) is 4.28. The monoisotopic (exact) mass is 426 g/mol. The Bertz CT molecular complexity index is 922. The van der Waals surface area contributed by atoms with Crippen molar-refractivity contribution in [3.05, 3.63) is 40.9 Å².